The van der Waals surface area contributed by atoms with Crippen LogP contribution in [0.4, 0.5) is 0 Å². The quantitative estimate of drug-likeness (QED) is 0.877. The van der Waals surface area contributed by atoms with Crippen LogP contribution >= 0.6 is 11.3 Å². The highest BCUT2D eigenvalue weighted by molar-refractivity contribution is 7.20. The lowest BCUT2D eigenvalue weighted by Gasteiger charge is -2.23. The van der Waals surface area contributed by atoms with Crippen LogP contribution in [0.1, 0.15) is 22.5 Å². The van der Waals surface area contributed by atoms with Crippen LogP contribution in [0.2, 0.25) is 0 Å². The highest BCUT2D eigenvalue weighted by Crippen LogP contribution is 2.32. The lowest BCUT2D eigenvalue weighted by Crippen LogP contribution is -2.43. The Morgan fingerprint density at radius 3 is 3.16 bits per heavy atom. The van der Waals surface area contributed by atoms with Gasteiger partial charge in [-0.05, 0) is 30.9 Å². The molecular weight excluding hydrogens is 258 g/mol. The van der Waals surface area contributed by atoms with E-state index in [2.05, 4.69) is 15.6 Å². The van der Waals surface area contributed by atoms with Gasteiger partial charge in [-0.15, -0.1) is 11.3 Å². The predicted octanol–water partition coefficient (Wildman–Crippen LogP) is 1.78. The average molecular weight is 273 g/mol. The van der Waals surface area contributed by atoms with Crippen LogP contribution in [0.15, 0.2) is 24.5 Å². The minimum atomic E-state index is 0.0683. The fourth-order valence-corrected chi connectivity index (χ4v) is 4.18. The highest BCUT2D eigenvalue weighted by Gasteiger charge is 2.40. The van der Waals surface area contributed by atoms with E-state index in [-0.39, 0.29) is 5.91 Å². The van der Waals surface area contributed by atoms with Crippen molar-refractivity contribution >= 4 is 27.3 Å². The topological polar surface area (TPSA) is 54.0 Å². The Labute approximate surface area is 115 Å². The van der Waals surface area contributed by atoms with Gasteiger partial charge in [-0.25, -0.2) is 0 Å². The summed E-state index contributed by atoms with van der Waals surface area (Å²) in [6, 6.07) is 4.86. The molecule has 0 spiro atoms. The molecule has 3 heterocycles. The molecule has 1 aliphatic heterocycles. The van der Waals surface area contributed by atoms with Crippen LogP contribution in [0.25, 0.3) is 10.1 Å². The smallest absolute Gasteiger partial charge is 0.261 e. The summed E-state index contributed by atoms with van der Waals surface area (Å²) in [7, 11) is 0. The van der Waals surface area contributed by atoms with Gasteiger partial charge in [-0.3, -0.25) is 9.78 Å². The minimum Gasteiger partial charge on any atom is -0.348 e. The monoisotopic (exact) mass is 273 g/mol. The third-order valence-corrected chi connectivity index (χ3v) is 5.34. The first-order valence-electron chi connectivity index (χ1n) is 6.67. The summed E-state index contributed by atoms with van der Waals surface area (Å²) < 4.78 is 1.12. The number of aromatic nitrogens is 1. The van der Waals surface area contributed by atoms with E-state index < -0.39 is 0 Å². The van der Waals surface area contributed by atoms with Crippen molar-refractivity contribution in [3.8, 4) is 0 Å². The van der Waals surface area contributed by atoms with Crippen LogP contribution in [-0.2, 0) is 0 Å². The lowest BCUT2D eigenvalue weighted by molar-refractivity contribution is 0.0929. The number of piperidine rings is 1. The van der Waals surface area contributed by atoms with E-state index in [4.69, 9.17) is 0 Å². The number of nitrogens with one attached hydrogen (secondary N) is 2. The van der Waals surface area contributed by atoms with Crippen molar-refractivity contribution in [1.29, 1.82) is 0 Å². The van der Waals surface area contributed by atoms with E-state index in [1.807, 2.05) is 18.3 Å². The molecule has 2 bridgehead atoms. The molecule has 0 radical (unpaired) electrons. The predicted molar refractivity (Wildman–Crippen MR) is 75.4 cm³/mol. The minimum absolute atomic E-state index is 0.0683. The molecule has 98 valence electrons. The number of hydrogen-bond donors (Lipinski definition) is 2. The molecule has 19 heavy (non-hydrogen) atoms. The maximum atomic E-state index is 12.3. The van der Waals surface area contributed by atoms with Gasteiger partial charge in [0, 0.05) is 41.1 Å². The molecule has 2 aromatic heterocycles. The Balaban J connectivity index is 1.53. The number of hydrogen-bond acceptors (Lipinski definition) is 4. The van der Waals surface area contributed by atoms with Crippen molar-refractivity contribution in [2.24, 2.45) is 5.92 Å². The van der Waals surface area contributed by atoms with Crippen molar-refractivity contribution < 1.29 is 4.79 Å². The van der Waals surface area contributed by atoms with Gasteiger partial charge in [0.05, 0.1) is 4.88 Å². The third-order valence-electron chi connectivity index (χ3n) is 4.22. The Kier molecular flexibility index (Phi) is 2.56. The second-order valence-electron chi connectivity index (χ2n) is 5.44. The van der Waals surface area contributed by atoms with Gasteiger partial charge in [-0.2, -0.15) is 0 Å². The number of thiophene rings is 1. The van der Waals surface area contributed by atoms with Crippen molar-refractivity contribution in [3.63, 3.8) is 0 Å². The van der Waals surface area contributed by atoms with Crippen molar-refractivity contribution in [1.82, 2.24) is 15.6 Å². The van der Waals surface area contributed by atoms with Gasteiger partial charge in [0.2, 0.25) is 0 Å². The number of carbonyl (C=O) groups excluding carboxylic acids is 1. The van der Waals surface area contributed by atoms with E-state index >= 15 is 0 Å². The first kappa shape index (κ1) is 11.4. The normalized spacial score (nSPS) is 28.9. The summed E-state index contributed by atoms with van der Waals surface area (Å²) in [6.07, 6.45) is 5.86. The molecule has 2 N–H and O–H groups in total. The molecule has 3 unspecified atom stereocenters. The van der Waals surface area contributed by atoms with Gasteiger partial charge >= 0.3 is 0 Å². The number of fused-ring (bicyclic) bond motifs is 3. The van der Waals surface area contributed by atoms with Gasteiger partial charge in [0.25, 0.3) is 5.91 Å². The van der Waals surface area contributed by atoms with Crippen LogP contribution < -0.4 is 10.6 Å². The van der Waals surface area contributed by atoms with Gasteiger partial charge in [-0.1, -0.05) is 0 Å². The van der Waals surface area contributed by atoms with Crippen LogP contribution in [-0.4, -0.2) is 29.5 Å². The summed E-state index contributed by atoms with van der Waals surface area (Å²) in [5, 5.41) is 7.71. The Morgan fingerprint density at radius 1 is 1.47 bits per heavy atom. The number of amides is 1. The SMILES string of the molecule is O=C(NC1CC2CC1CN2)c1cc2cnccc2s1. The molecule has 1 aliphatic carbocycles. The molecule has 1 amide bonds. The number of rotatable bonds is 2. The molecular formula is C14H15N3OS. The largest absolute Gasteiger partial charge is 0.348 e. The van der Waals surface area contributed by atoms with E-state index in [0.29, 0.717) is 18.0 Å². The molecule has 1 saturated heterocycles. The maximum absolute atomic E-state index is 12.3. The number of nitrogens with zero attached hydrogens (tertiary/aromatic N) is 1. The highest BCUT2D eigenvalue weighted by atomic mass is 32.1. The summed E-state index contributed by atoms with van der Waals surface area (Å²) in [5.74, 6) is 0.684. The van der Waals surface area contributed by atoms with Crippen LogP contribution in [0, 0.1) is 5.92 Å². The Hall–Kier alpha value is -1.46. The molecule has 2 aliphatic rings. The number of pyridine rings is 1. The first-order chi connectivity index (χ1) is 9.29. The van der Waals surface area contributed by atoms with E-state index in [9.17, 15) is 4.79 Å². The standard InChI is InChI=1S/C14H15N3OS/c18-14(17-11-5-10-3-8(11)7-16-10)13-4-9-6-15-2-1-12(9)19-13/h1-2,4,6,8,10-11,16H,3,5,7H2,(H,17,18). The molecule has 1 saturated carbocycles. The summed E-state index contributed by atoms with van der Waals surface area (Å²) in [5.41, 5.74) is 0. The second-order valence-corrected chi connectivity index (χ2v) is 6.52. The fraction of sp³-hybridized carbons (Fsp3) is 0.429. The van der Waals surface area contributed by atoms with Crippen molar-refractivity contribution in [3.05, 3.63) is 29.4 Å². The fourth-order valence-electron chi connectivity index (χ4n) is 3.25. The molecule has 4 rings (SSSR count). The van der Waals surface area contributed by atoms with E-state index in [1.54, 1.807) is 17.5 Å². The maximum Gasteiger partial charge on any atom is 0.261 e. The zero-order valence-electron chi connectivity index (χ0n) is 10.4. The summed E-state index contributed by atoms with van der Waals surface area (Å²) in [4.78, 5) is 17.2. The molecule has 0 aromatic carbocycles. The van der Waals surface area contributed by atoms with Crippen LogP contribution in [0.5, 0.6) is 0 Å². The Bertz CT molecular complexity index is 605. The average Bonchev–Trinajstić information content (AvgIpc) is 3.12. The van der Waals surface area contributed by atoms with Gasteiger partial charge in [0.1, 0.15) is 0 Å². The summed E-state index contributed by atoms with van der Waals surface area (Å²) >= 11 is 1.54. The van der Waals surface area contributed by atoms with Crippen molar-refractivity contribution in [2.45, 2.75) is 24.9 Å². The van der Waals surface area contributed by atoms with Crippen molar-refractivity contribution in [2.75, 3.05) is 6.54 Å². The van der Waals surface area contributed by atoms with Gasteiger partial charge < -0.3 is 10.6 Å². The Morgan fingerprint density at radius 2 is 2.42 bits per heavy atom. The first-order valence-corrected chi connectivity index (χ1v) is 7.49. The summed E-state index contributed by atoms with van der Waals surface area (Å²) in [6.45, 7) is 1.05. The molecule has 4 nitrogen and oxygen atoms in total. The second kappa shape index (κ2) is 4.28. The van der Waals surface area contributed by atoms with Crippen LogP contribution in [0.3, 0.4) is 0 Å². The zero-order chi connectivity index (χ0) is 12.8. The van der Waals surface area contributed by atoms with E-state index in [0.717, 1.165) is 27.9 Å². The lowest BCUT2D eigenvalue weighted by atomic mass is 10.0. The third kappa shape index (κ3) is 1.93. The zero-order valence-corrected chi connectivity index (χ0v) is 11.2. The van der Waals surface area contributed by atoms with E-state index in [1.165, 1.54) is 6.42 Å². The van der Waals surface area contributed by atoms with Gasteiger partial charge in [0.15, 0.2) is 0 Å². The molecule has 2 aromatic rings. The molecule has 2 fully saturated rings. The molecule has 5 heteroatoms. The number of carbonyl (C=O) groups is 1. The molecule has 3 atom stereocenters.